The van der Waals surface area contributed by atoms with Crippen LogP contribution in [0.15, 0.2) is 18.3 Å². The zero-order chi connectivity index (χ0) is 11.8. The first-order chi connectivity index (χ1) is 7.47. The van der Waals surface area contributed by atoms with E-state index in [9.17, 15) is 18.3 Å². The fourth-order valence-electron chi connectivity index (χ4n) is 1.69. The minimum atomic E-state index is -4.35. The molecule has 0 amide bonds. The maximum Gasteiger partial charge on any atom is 0.417 e. The Morgan fingerprint density at radius 2 is 2.12 bits per heavy atom. The highest BCUT2D eigenvalue weighted by atomic mass is 19.4. The average molecular weight is 232 g/mol. The number of nitrogens with zero attached hydrogens (tertiary/aromatic N) is 2. The number of hydrogen-bond donors (Lipinski definition) is 1. The summed E-state index contributed by atoms with van der Waals surface area (Å²) in [5.41, 5.74) is -0.754. The van der Waals surface area contributed by atoms with Crippen LogP contribution in [0.3, 0.4) is 0 Å². The molecular weight excluding hydrogens is 221 g/mol. The largest absolute Gasteiger partial charge is 0.417 e. The number of anilines is 1. The van der Waals surface area contributed by atoms with Gasteiger partial charge in [0, 0.05) is 19.3 Å². The monoisotopic (exact) mass is 232 g/mol. The molecule has 1 fully saturated rings. The Bertz CT molecular complexity index is 363. The molecule has 0 radical (unpaired) electrons. The van der Waals surface area contributed by atoms with Gasteiger partial charge in [-0.05, 0) is 18.6 Å². The first-order valence-electron chi connectivity index (χ1n) is 4.93. The lowest BCUT2D eigenvalue weighted by Gasteiger charge is -2.16. The highest BCUT2D eigenvalue weighted by molar-refractivity contribution is 5.41. The van der Waals surface area contributed by atoms with E-state index in [1.165, 1.54) is 6.07 Å². The second kappa shape index (κ2) is 3.93. The number of rotatable bonds is 1. The highest BCUT2D eigenvalue weighted by Crippen LogP contribution is 2.29. The van der Waals surface area contributed by atoms with Crippen molar-refractivity contribution in [3.8, 4) is 0 Å². The van der Waals surface area contributed by atoms with Crippen LogP contribution in [0.1, 0.15) is 12.0 Å². The third-order valence-electron chi connectivity index (χ3n) is 2.56. The first kappa shape index (κ1) is 11.2. The van der Waals surface area contributed by atoms with Crippen LogP contribution >= 0.6 is 0 Å². The Balaban J connectivity index is 2.14. The van der Waals surface area contributed by atoms with Gasteiger partial charge in [0.25, 0.3) is 0 Å². The minimum absolute atomic E-state index is 0.413. The maximum atomic E-state index is 12.3. The van der Waals surface area contributed by atoms with Crippen molar-refractivity contribution in [3.63, 3.8) is 0 Å². The second-order valence-electron chi connectivity index (χ2n) is 3.79. The predicted octanol–water partition coefficient (Wildman–Crippen LogP) is 1.67. The summed E-state index contributed by atoms with van der Waals surface area (Å²) in [7, 11) is 0. The Morgan fingerprint density at radius 3 is 2.56 bits per heavy atom. The van der Waals surface area contributed by atoms with E-state index in [4.69, 9.17) is 0 Å². The van der Waals surface area contributed by atoms with Crippen molar-refractivity contribution in [2.75, 3.05) is 18.0 Å². The molecule has 0 unspecified atom stereocenters. The second-order valence-corrected chi connectivity index (χ2v) is 3.79. The molecule has 3 nitrogen and oxygen atoms in total. The van der Waals surface area contributed by atoms with Gasteiger partial charge >= 0.3 is 6.18 Å². The van der Waals surface area contributed by atoms with E-state index in [1.54, 1.807) is 4.90 Å². The fraction of sp³-hybridized carbons (Fsp3) is 0.500. The Hall–Kier alpha value is -1.30. The predicted molar refractivity (Wildman–Crippen MR) is 52.1 cm³/mol. The van der Waals surface area contributed by atoms with Crippen LogP contribution in [-0.4, -0.2) is 29.3 Å². The van der Waals surface area contributed by atoms with E-state index in [0.29, 0.717) is 25.3 Å². The smallest absolute Gasteiger partial charge is 0.391 e. The molecule has 0 saturated carbocycles. The van der Waals surface area contributed by atoms with Crippen molar-refractivity contribution in [1.29, 1.82) is 0 Å². The van der Waals surface area contributed by atoms with Crippen molar-refractivity contribution in [2.45, 2.75) is 18.7 Å². The van der Waals surface area contributed by atoms with Gasteiger partial charge in [-0.2, -0.15) is 13.2 Å². The lowest BCUT2D eigenvalue weighted by atomic mass is 10.3. The molecule has 6 heteroatoms. The van der Waals surface area contributed by atoms with Crippen LogP contribution in [0.2, 0.25) is 0 Å². The molecule has 16 heavy (non-hydrogen) atoms. The summed E-state index contributed by atoms with van der Waals surface area (Å²) >= 11 is 0. The molecule has 1 saturated heterocycles. The summed E-state index contributed by atoms with van der Waals surface area (Å²) in [6.45, 7) is 1.05. The van der Waals surface area contributed by atoms with E-state index in [0.717, 1.165) is 12.3 Å². The van der Waals surface area contributed by atoms with Crippen LogP contribution in [-0.2, 0) is 6.18 Å². The first-order valence-corrected chi connectivity index (χ1v) is 4.93. The Kier molecular flexibility index (Phi) is 2.75. The number of alkyl halides is 3. The lowest BCUT2D eigenvalue weighted by Crippen LogP contribution is -2.22. The van der Waals surface area contributed by atoms with Crippen LogP contribution in [0.4, 0.5) is 19.0 Å². The number of aromatic nitrogens is 1. The molecule has 0 aromatic carbocycles. The number of aliphatic hydroxyl groups is 1. The van der Waals surface area contributed by atoms with E-state index < -0.39 is 17.8 Å². The van der Waals surface area contributed by atoms with Gasteiger partial charge in [-0.3, -0.25) is 0 Å². The minimum Gasteiger partial charge on any atom is -0.391 e. The van der Waals surface area contributed by atoms with Gasteiger partial charge in [-0.1, -0.05) is 0 Å². The Morgan fingerprint density at radius 1 is 1.38 bits per heavy atom. The number of aliphatic hydroxyl groups excluding tert-OH is 1. The summed E-state index contributed by atoms with van der Waals surface area (Å²) in [6.07, 6.45) is -3.32. The summed E-state index contributed by atoms with van der Waals surface area (Å²) in [4.78, 5) is 5.53. The maximum absolute atomic E-state index is 12.3. The van der Waals surface area contributed by atoms with Crippen LogP contribution < -0.4 is 4.90 Å². The van der Waals surface area contributed by atoms with Crippen LogP contribution in [0.25, 0.3) is 0 Å². The van der Waals surface area contributed by atoms with Gasteiger partial charge in [-0.15, -0.1) is 0 Å². The van der Waals surface area contributed by atoms with Gasteiger partial charge in [0.2, 0.25) is 0 Å². The van der Waals surface area contributed by atoms with E-state index in [-0.39, 0.29) is 0 Å². The van der Waals surface area contributed by atoms with Gasteiger partial charge < -0.3 is 10.0 Å². The van der Waals surface area contributed by atoms with Crippen molar-refractivity contribution in [2.24, 2.45) is 0 Å². The quantitative estimate of drug-likeness (QED) is 0.800. The van der Waals surface area contributed by atoms with E-state index in [2.05, 4.69) is 4.98 Å². The summed E-state index contributed by atoms with van der Waals surface area (Å²) in [5, 5.41) is 9.30. The standard InChI is InChI=1S/C10H11F3N2O/c11-10(12,13)7-1-2-9(14-5-7)15-4-3-8(16)6-15/h1-2,5,8,16H,3-4,6H2/t8-/m0/s1. The zero-order valence-electron chi connectivity index (χ0n) is 8.41. The number of pyridine rings is 1. The molecule has 1 N–H and O–H groups in total. The van der Waals surface area contributed by atoms with Crippen molar-refractivity contribution in [3.05, 3.63) is 23.9 Å². The Labute approximate surface area is 90.5 Å². The van der Waals surface area contributed by atoms with Gasteiger partial charge in [0.15, 0.2) is 0 Å². The molecule has 0 spiro atoms. The third-order valence-corrected chi connectivity index (χ3v) is 2.56. The van der Waals surface area contributed by atoms with Crippen molar-refractivity contribution in [1.82, 2.24) is 4.98 Å². The van der Waals surface area contributed by atoms with Crippen LogP contribution in [0, 0.1) is 0 Å². The molecule has 88 valence electrons. The fourth-order valence-corrected chi connectivity index (χ4v) is 1.69. The van der Waals surface area contributed by atoms with E-state index >= 15 is 0 Å². The molecule has 1 aliphatic heterocycles. The molecule has 1 aromatic rings. The van der Waals surface area contributed by atoms with Crippen LogP contribution in [0.5, 0.6) is 0 Å². The number of hydrogen-bond acceptors (Lipinski definition) is 3. The average Bonchev–Trinajstić information content (AvgIpc) is 2.64. The summed E-state index contributed by atoms with van der Waals surface area (Å²) < 4.78 is 36.8. The third kappa shape index (κ3) is 2.27. The molecule has 1 aromatic heterocycles. The van der Waals surface area contributed by atoms with Gasteiger partial charge in [0.1, 0.15) is 5.82 Å². The summed E-state index contributed by atoms with van der Waals surface area (Å²) in [5.74, 6) is 0.476. The highest BCUT2D eigenvalue weighted by Gasteiger charge is 2.31. The molecular formula is C10H11F3N2O. The number of β-amino-alcohol motifs (C(OH)–C–C–N with tert-alkyl or cyclic N) is 1. The lowest BCUT2D eigenvalue weighted by molar-refractivity contribution is -0.137. The molecule has 1 aliphatic rings. The molecule has 0 aliphatic carbocycles. The van der Waals surface area contributed by atoms with E-state index in [1.807, 2.05) is 0 Å². The SMILES string of the molecule is O[C@H]1CCN(c2ccc(C(F)(F)F)cn2)C1. The van der Waals surface area contributed by atoms with Crippen molar-refractivity contribution < 1.29 is 18.3 Å². The molecule has 0 bridgehead atoms. The molecule has 1 atom stereocenters. The normalized spacial score (nSPS) is 21.5. The number of halogens is 3. The molecule has 2 rings (SSSR count). The summed E-state index contributed by atoms with van der Waals surface area (Å²) in [6, 6.07) is 2.34. The topological polar surface area (TPSA) is 36.4 Å². The van der Waals surface area contributed by atoms with Gasteiger partial charge in [-0.25, -0.2) is 4.98 Å². The zero-order valence-corrected chi connectivity index (χ0v) is 8.41. The van der Waals surface area contributed by atoms with Crippen molar-refractivity contribution >= 4 is 5.82 Å². The molecule has 2 heterocycles. The van der Waals surface area contributed by atoms with Gasteiger partial charge in [0.05, 0.1) is 11.7 Å².